The Balaban J connectivity index is 2.90. The minimum absolute atomic E-state index is 0.0653. The lowest BCUT2D eigenvalue weighted by molar-refractivity contribution is -0.876. The van der Waals surface area contributed by atoms with Crippen molar-refractivity contribution in [1.82, 2.24) is 0 Å². The van der Waals surface area contributed by atoms with Gasteiger partial charge in [0.1, 0.15) is 18.7 Å². The van der Waals surface area contributed by atoms with E-state index < -0.39 is 17.7 Å². The highest BCUT2D eigenvalue weighted by molar-refractivity contribution is 5.82. The Labute approximate surface area is 105 Å². The number of benzene rings is 1. The SMILES string of the molecule is COc1cc(C(F)(F)F)[n+](OC)c2ccc(F)cc12. The zero-order valence-corrected chi connectivity index (χ0v) is 10.1. The Morgan fingerprint density at radius 3 is 2.32 bits per heavy atom. The van der Waals surface area contributed by atoms with Crippen molar-refractivity contribution in [2.24, 2.45) is 0 Å². The third-order valence-electron chi connectivity index (χ3n) is 2.62. The van der Waals surface area contributed by atoms with Crippen LogP contribution < -0.4 is 14.3 Å². The summed E-state index contributed by atoms with van der Waals surface area (Å²) >= 11 is 0. The van der Waals surface area contributed by atoms with Crippen molar-refractivity contribution in [3.05, 3.63) is 35.8 Å². The fourth-order valence-corrected chi connectivity index (χ4v) is 1.84. The van der Waals surface area contributed by atoms with Crippen LogP contribution in [0.2, 0.25) is 0 Å². The molecule has 0 saturated carbocycles. The topological polar surface area (TPSA) is 22.3 Å². The Morgan fingerprint density at radius 2 is 1.79 bits per heavy atom. The van der Waals surface area contributed by atoms with Crippen molar-refractivity contribution in [3.63, 3.8) is 0 Å². The van der Waals surface area contributed by atoms with Crippen molar-refractivity contribution in [3.8, 4) is 5.75 Å². The van der Waals surface area contributed by atoms with E-state index >= 15 is 0 Å². The van der Waals surface area contributed by atoms with E-state index in [1.807, 2.05) is 0 Å². The van der Waals surface area contributed by atoms with Crippen LogP contribution in [-0.2, 0) is 6.18 Å². The third-order valence-corrected chi connectivity index (χ3v) is 2.62. The number of hydrogen-bond acceptors (Lipinski definition) is 2. The first-order chi connectivity index (χ1) is 8.88. The van der Waals surface area contributed by atoms with E-state index in [1.165, 1.54) is 13.2 Å². The van der Waals surface area contributed by atoms with Crippen LogP contribution >= 0.6 is 0 Å². The molecule has 0 aliphatic carbocycles. The first kappa shape index (κ1) is 13.4. The number of rotatable bonds is 2. The van der Waals surface area contributed by atoms with E-state index in [1.54, 1.807) is 0 Å². The van der Waals surface area contributed by atoms with E-state index in [-0.39, 0.29) is 16.7 Å². The van der Waals surface area contributed by atoms with Gasteiger partial charge in [-0.1, -0.05) is 0 Å². The molecule has 2 rings (SSSR count). The number of alkyl halides is 3. The predicted octanol–water partition coefficient (Wildman–Crippen LogP) is 2.35. The minimum atomic E-state index is -4.62. The van der Waals surface area contributed by atoms with Gasteiger partial charge in [-0.2, -0.15) is 13.2 Å². The number of nitrogens with zero attached hydrogens (tertiary/aromatic N) is 1. The van der Waals surface area contributed by atoms with Gasteiger partial charge in [-0.15, -0.1) is 0 Å². The van der Waals surface area contributed by atoms with Crippen molar-refractivity contribution in [2.45, 2.75) is 6.18 Å². The standard InChI is InChI=1S/C12H10F4NO2/c1-18-10-6-11(12(14,15)16)17(19-2)9-4-3-7(13)5-8(9)10/h3-6H,1-2H3/q+1. The van der Waals surface area contributed by atoms with Gasteiger partial charge in [-0.25, -0.2) is 4.39 Å². The first-order valence-corrected chi connectivity index (χ1v) is 5.22. The summed E-state index contributed by atoms with van der Waals surface area (Å²) in [6, 6.07) is 4.11. The summed E-state index contributed by atoms with van der Waals surface area (Å²) in [6.45, 7) is 0. The minimum Gasteiger partial charge on any atom is -0.496 e. The Hall–Kier alpha value is -2.05. The van der Waals surface area contributed by atoms with E-state index in [2.05, 4.69) is 0 Å². The monoisotopic (exact) mass is 276 g/mol. The van der Waals surface area contributed by atoms with Gasteiger partial charge >= 0.3 is 11.9 Å². The third kappa shape index (κ3) is 2.27. The highest BCUT2D eigenvalue weighted by Gasteiger charge is 2.44. The maximum absolute atomic E-state index is 13.2. The van der Waals surface area contributed by atoms with Crippen LogP contribution in [-0.4, -0.2) is 14.2 Å². The second-order valence-corrected chi connectivity index (χ2v) is 3.73. The van der Waals surface area contributed by atoms with Gasteiger partial charge in [0.15, 0.2) is 0 Å². The fourth-order valence-electron chi connectivity index (χ4n) is 1.84. The van der Waals surface area contributed by atoms with Crippen LogP contribution in [0.15, 0.2) is 24.3 Å². The number of hydrogen-bond donors (Lipinski definition) is 0. The lowest BCUT2D eigenvalue weighted by atomic mass is 10.1. The maximum atomic E-state index is 13.2. The van der Waals surface area contributed by atoms with Gasteiger partial charge in [0.2, 0.25) is 0 Å². The molecule has 0 spiro atoms. The molecule has 0 unspecified atom stereocenters. The molecule has 1 heterocycles. The van der Waals surface area contributed by atoms with Gasteiger partial charge < -0.3 is 4.74 Å². The lowest BCUT2D eigenvalue weighted by Crippen LogP contribution is -2.48. The Kier molecular flexibility index (Phi) is 3.21. The van der Waals surface area contributed by atoms with Crippen LogP contribution in [0, 0.1) is 5.82 Å². The summed E-state index contributed by atoms with van der Waals surface area (Å²) in [5.41, 5.74) is -0.971. The number of aromatic nitrogens is 1. The van der Waals surface area contributed by atoms with Crippen molar-refractivity contribution >= 4 is 10.9 Å². The van der Waals surface area contributed by atoms with Gasteiger partial charge in [0.25, 0.3) is 5.52 Å². The summed E-state index contributed by atoms with van der Waals surface area (Å²) in [4.78, 5) is 4.74. The second kappa shape index (κ2) is 4.56. The highest BCUT2D eigenvalue weighted by Crippen LogP contribution is 2.32. The van der Waals surface area contributed by atoms with E-state index in [0.29, 0.717) is 4.73 Å². The molecule has 0 atom stereocenters. The van der Waals surface area contributed by atoms with Gasteiger partial charge in [0, 0.05) is 10.8 Å². The first-order valence-electron chi connectivity index (χ1n) is 5.22. The largest absolute Gasteiger partial charge is 0.496 e. The molecular weight excluding hydrogens is 266 g/mol. The highest BCUT2D eigenvalue weighted by atomic mass is 19.4. The average Bonchev–Trinajstić information content (AvgIpc) is 2.35. The molecule has 7 heteroatoms. The van der Waals surface area contributed by atoms with Gasteiger partial charge in [-0.05, 0) is 12.1 Å². The average molecular weight is 276 g/mol. The number of fused-ring (bicyclic) bond motifs is 1. The summed E-state index contributed by atoms with van der Waals surface area (Å²) in [5, 5.41) is 0.192. The van der Waals surface area contributed by atoms with Crippen LogP contribution in [0.5, 0.6) is 5.75 Å². The molecule has 19 heavy (non-hydrogen) atoms. The number of ether oxygens (including phenoxy) is 1. The van der Waals surface area contributed by atoms with E-state index in [4.69, 9.17) is 9.57 Å². The molecule has 0 fully saturated rings. The van der Waals surface area contributed by atoms with Crippen LogP contribution in [0.25, 0.3) is 10.9 Å². The molecular formula is C12H10F4NO2+. The Bertz CT molecular complexity index is 625. The maximum Gasteiger partial charge on any atom is 0.482 e. The van der Waals surface area contributed by atoms with Crippen LogP contribution in [0.1, 0.15) is 5.69 Å². The molecule has 0 aliphatic heterocycles. The number of pyridine rings is 1. The molecule has 0 aliphatic rings. The Morgan fingerprint density at radius 1 is 1.11 bits per heavy atom. The molecule has 0 amide bonds. The molecule has 3 nitrogen and oxygen atoms in total. The molecule has 0 saturated heterocycles. The zero-order chi connectivity index (χ0) is 14.2. The van der Waals surface area contributed by atoms with Crippen LogP contribution in [0.3, 0.4) is 0 Å². The smallest absolute Gasteiger partial charge is 0.482 e. The second-order valence-electron chi connectivity index (χ2n) is 3.73. The quantitative estimate of drug-likeness (QED) is 0.620. The molecule has 0 bridgehead atoms. The lowest BCUT2D eigenvalue weighted by Gasteiger charge is -2.09. The number of methoxy groups -OCH3 is 1. The fraction of sp³-hybridized carbons (Fsp3) is 0.250. The summed E-state index contributed by atoms with van der Waals surface area (Å²) in [6.07, 6.45) is -4.62. The van der Waals surface area contributed by atoms with E-state index in [9.17, 15) is 17.6 Å². The molecule has 0 N–H and O–H groups in total. The van der Waals surface area contributed by atoms with Crippen LogP contribution in [0.4, 0.5) is 17.6 Å². The normalized spacial score (nSPS) is 11.7. The van der Waals surface area contributed by atoms with Crippen molar-refractivity contribution in [2.75, 3.05) is 14.2 Å². The summed E-state index contributed by atoms with van der Waals surface area (Å²) in [5.74, 6) is -0.650. The molecule has 2 aromatic rings. The zero-order valence-electron chi connectivity index (χ0n) is 10.1. The van der Waals surface area contributed by atoms with Crippen molar-refractivity contribution < 1.29 is 31.9 Å². The van der Waals surface area contributed by atoms with E-state index in [0.717, 1.165) is 25.3 Å². The summed E-state index contributed by atoms with van der Waals surface area (Å²) in [7, 11) is 2.32. The van der Waals surface area contributed by atoms with Gasteiger partial charge in [0.05, 0.1) is 18.6 Å². The van der Waals surface area contributed by atoms with Crippen molar-refractivity contribution in [1.29, 1.82) is 0 Å². The molecule has 102 valence electrons. The molecule has 1 aromatic carbocycles. The molecule has 1 aromatic heterocycles. The number of halogens is 4. The summed E-state index contributed by atoms with van der Waals surface area (Å²) < 4.78 is 57.5. The molecule has 0 radical (unpaired) electrons. The predicted molar refractivity (Wildman–Crippen MR) is 58.2 cm³/mol. The van der Waals surface area contributed by atoms with Gasteiger partial charge in [-0.3, -0.25) is 4.84 Å².